The summed E-state index contributed by atoms with van der Waals surface area (Å²) in [5.74, 6) is -0.956. The molecule has 1 aromatic heterocycles. The highest BCUT2D eigenvalue weighted by atomic mass is 127. The molecule has 1 heterocycles. The summed E-state index contributed by atoms with van der Waals surface area (Å²) in [5, 5.41) is 12.8. The number of hydrogen-bond donors (Lipinski definition) is 1. The predicted octanol–water partition coefficient (Wildman–Crippen LogP) is 2.56. The first kappa shape index (κ1) is 11.1. The number of benzene rings is 1. The van der Waals surface area contributed by atoms with Crippen molar-refractivity contribution in [3.05, 3.63) is 53.9 Å². The first-order valence-corrected chi connectivity index (χ1v) is 5.89. The van der Waals surface area contributed by atoms with Gasteiger partial charge in [0, 0.05) is 6.20 Å². The van der Waals surface area contributed by atoms with E-state index in [1.165, 1.54) is 12.4 Å². The summed E-state index contributed by atoms with van der Waals surface area (Å²) in [6, 6.07) is 9.81. The van der Waals surface area contributed by atoms with Gasteiger partial charge in [-0.2, -0.15) is 5.10 Å². The van der Waals surface area contributed by atoms with Crippen LogP contribution in [0.25, 0.3) is 0 Å². The molecule has 0 aliphatic rings. The fourth-order valence-corrected chi connectivity index (χ4v) is 2.06. The van der Waals surface area contributed by atoms with E-state index in [1.54, 1.807) is 4.68 Å². The lowest BCUT2D eigenvalue weighted by molar-refractivity contribution is 0.0697. The van der Waals surface area contributed by atoms with E-state index in [-0.39, 0.29) is 9.61 Å². The van der Waals surface area contributed by atoms with E-state index in [9.17, 15) is 4.79 Å². The number of aromatic nitrogens is 2. The summed E-state index contributed by atoms with van der Waals surface area (Å²) in [7, 11) is 0. The Hall–Kier alpha value is -1.37. The van der Waals surface area contributed by atoms with Gasteiger partial charge in [-0.05, 0) is 5.56 Å². The molecule has 5 heteroatoms. The number of alkyl halides is 1. The van der Waals surface area contributed by atoms with Crippen molar-refractivity contribution in [2.45, 2.75) is 4.05 Å². The van der Waals surface area contributed by atoms with Crippen molar-refractivity contribution in [1.29, 1.82) is 0 Å². The molecule has 1 N–H and O–H groups in total. The van der Waals surface area contributed by atoms with E-state index in [2.05, 4.69) is 27.7 Å². The second-order valence-corrected chi connectivity index (χ2v) is 4.44. The molecule has 1 aromatic carbocycles. The van der Waals surface area contributed by atoms with Gasteiger partial charge in [-0.1, -0.05) is 52.9 Å². The van der Waals surface area contributed by atoms with Crippen LogP contribution in [0.1, 0.15) is 20.0 Å². The molecular weight excluding hydrogens is 319 g/mol. The quantitative estimate of drug-likeness (QED) is 0.696. The molecule has 0 fully saturated rings. The largest absolute Gasteiger partial charge is 0.478 e. The SMILES string of the molecule is O=C(O)c1cnn(C(I)c2ccccc2)c1. The van der Waals surface area contributed by atoms with Gasteiger partial charge < -0.3 is 5.11 Å². The van der Waals surface area contributed by atoms with Crippen LogP contribution in [0.2, 0.25) is 0 Å². The zero-order valence-electron chi connectivity index (χ0n) is 8.25. The summed E-state index contributed by atoms with van der Waals surface area (Å²) in [5.41, 5.74) is 1.29. The number of carboxylic acids is 1. The molecule has 0 bridgehead atoms. The lowest BCUT2D eigenvalue weighted by Crippen LogP contribution is -2.04. The molecule has 0 radical (unpaired) electrons. The van der Waals surface area contributed by atoms with Crippen LogP contribution in [-0.4, -0.2) is 20.9 Å². The maximum atomic E-state index is 10.7. The van der Waals surface area contributed by atoms with Gasteiger partial charge in [0.15, 0.2) is 0 Å². The molecule has 1 unspecified atom stereocenters. The average molecular weight is 328 g/mol. The summed E-state index contributed by atoms with van der Waals surface area (Å²) >= 11 is 2.22. The molecule has 1 atom stereocenters. The van der Waals surface area contributed by atoms with Gasteiger partial charge in [-0.15, -0.1) is 0 Å². The molecule has 0 aliphatic carbocycles. The topological polar surface area (TPSA) is 55.1 Å². The second kappa shape index (κ2) is 4.65. The van der Waals surface area contributed by atoms with Crippen molar-refractivity contribution >= 4 is 28.6 Å². The Kier molecular flexibility index (Phi) is 3.23. The Labute approximate surface area is 106 Å². The Balaban J connectivity index is 2.27. The van der Waals surface area contributed by atoms with Crippen molar-refractivity contribution in [2.75, 3.05) is 0 Å². The lowest BCUT2D eigenvalue weighted by Gasteiger charge is -2.10. The lowest BCUT2D eigenvalue weighted by atomic mass is 10.2. The van der Waals surface area contributed by atoms with E-state index < -0.39 is 5.97 Å². The highest BCUT2D eigenvalue weighted by molar-refractivity contribution is 14.1. The van der Waals surface area contributed by atoms with Crippen LogP contribution in [-0.2, 0) is 0 Å². The standard InChI is InChI=1S/C11H9IN2O2/c12-10(8-4-2-1-3-5-8)14-7-9(6-13-14)11(15)16/h1-7,10H,(H,15,16). The van der Waals surface area contributed by atoms with Gasteiger partial charge in [-0.25, -0.2) is 4.79 Å². The number of nitrogens with zero attached hydrogens (tertiary/aromatic N) is 2. The average Bonchev–Trinajstić information content (AvgIpc) is 2.78. The molecule has 0 aliphatic heterocycles. The van der Waals surface area contributed by atoms with E-state index in [1.807, 2.05) is 30.3 Å². The zero-order chi connectivity index (χ0) is 11.5. The Morgan fingerprint density at radius 3 is 2.62 bits per heavy atom. The van der Waals surface area contributed by atoms with Crippen molar-refractivity contribution in [3.63, 3.8) is 0 Å². The van der Waals surface area contributed by atoms with Crippen molar-refractivity contribution < 1.29 is 9.90 Å². The van der Waals surface area contributed by atoms with Gasteiger partial charge in [0.25, 0.3) is 0 Å². The molecule has 2 rings (SSSR count). The smallest absolute Gasteiger partial charge is 0.338 e. The Morgan fingerprint density at radius 1 is 1.38 bits per heavy atom. The van der Waals surface area contributed by atoms with Crippen LogP contribution >= 0.6 is 22.6 Å². The maximum absolute atomic E-state index is 10.7. The third kappa shape index (κ3) is 2.24. The summed E-state index contributed by atoms with van der Waals surface area (Å²) in [6.45, 7) is 0. The first-order chi connectivity index (χ1) is 7.68. The second-order valence-electron chi connectivity index (χ2n) is 3.26. The predicted molar refractivity (Wildman–Crippen MR) is 67.8 cm³/mol. The summed E-state index contributed by atoms with van der Waals surface area (Å²) < 4.78 is 1.64. The molecule has 0 saturated carbocycles. The Bertz CT molecular complexity index is 496. The molecule has 0 saturated heterocycles. The highest BCUT2D eigenvalue weighted by Gasteiger charge is 2.12. The summed E-state index contributed by atoms with van der Waals surface area (Å²) in [4.78, 5) is 10.7. The number of halogens is 1. The van der Waals surface area contributed by atoms with Crippen LogP contribution in [0, 0.1) is 0 Å². The normalized spacial score (nSPS) is 12.3. The van der Waals surface area contributed by atoms with E-state index in [0.717, 1.165) is 5.56 Å². The summed E-state index contributed by atoms with van der Waals surface area (Å²) in [6.07, 6.45) is 2.89. The van der Waals surface area contributed by atoms with Crippen LogP contribution in [0.3, 0.4) is 0 Å². The molecule has 82 valence electrons. The van der Waals surface area contributed by atoms with Crippen LogP contribution < -0.4 is 0 Å². The van der Waals surface area contributed by atoms with Crippen molar-refractivity contribution in [3.8, 4) is 0 Å². The number of carboxylic acid groups (broad SMARTS) is 1. The van der Waals surface area contributed by atoms with Crippen LogP contribution in [0.4, 0.5) is 0 Å². The maximum Gasteiger partial charge on any atom is 0.338 e. The van der Waals surface area contributed by atoms with E-state index in [4.69, 9.17) is 5.11 Å². The molecular formula is C11H9IN2O2. The van der Waals surface area contributed by atoms with Crippen LogP contribution in [0.5, 0.6) is 0 Å². The first-order valence-electron chi connectivity index (χ1n) is 4.65. The van der Waals surface area contributed by atoms with Crippen molar-refractivity contribution in [2.24, 2.45) is 0 Å². The van der Waals surface area contributed by atoms with Gasteiger partial charge in [0.05, 0.1) is 11.8 Å². The fraction of sp³-hybridized carbons (Fsp3) is 0.0909. The minimum absolute atomic E-state index is 0.00639. The van der Waals surface area contributed by atoms with E-state index >= 15 is 0 Å². The third-order valence-corrected chi connectivity index (χ3v) is 3.45. The fourth-order valence-electron chi connectivity index (χ4n) is 1.34. The number of aromatic carboxylic acids is 1. The third-order valence-electron chi connectivity index (χ3n) is 2.16. The zero-order valence-corrected chi connectivity index (χ0v) is 10.4. The molecule has 16 heavy (non-hydrogen) atoms. The Morgan fingerprint density at radius 2 is 2.06 bits per heavy atom. The molecule has 0 amide bonds. The molecule has 4 nitrogen and oxygen atoms in total. The number of rotatable bonds is 3. The van der Waals surface area contributed by atoms with Gasteiger partial charge in [0.2, 0.25) is 0 Å². The molecule has 2 aromatic rings. The minimum Gasteiger partial charge on any atom is -0.478 e. The van der Waals surface area contributed by atoms with E-state index in [0.29, 0.717) is 0 Å². The monoisotopic (exact) mass is 328 g/mol. The van der Waals surface area contributed by atoms with Gasteiger partial charge >= 0.3 is 5.97 Å². The number of hydrogen-bond acceptors (Lipinski definition) is 2. The highest BCUT2D eigenvalue weighted by Crippen LogP contribution is 2.24. The van der Waals surface area contributed by atoms with Crippen LogP contribution in [0.15, 0.2) is 42.7 Å². The number of carbonyl (C=O) groups is 1. The van der Waals surface area contributed by atoms with Gasteiger partial charge in [-0.3, -0.25) is 4.68 Å². The van der Waals surface area contributed by atoms with Crippen molar-refractivity contribution in [1.82, 2.24) is 9.78 Å². The molecule has 0 spiro atoms. The minimum atomic E-state index is -0.956. The van der Waals surface area contributed by atoms with Gasteiger partial charge in [0.1, 0.15) is 4.05 Å².